The number of rotatable bonds is 4. The van der Waals surface area contributed by atoms with E-state index in [0.29, 0.717) is 16.8 Å². The maximum Gasteiger partial charge on any atom is 0.322 e. The van der Waals surface area contributed by atoms with E-state index in [0.717, 1.165) is 0 Å². The van der Waals surface area contributed by atoms with E-state index in [2.05, 4.69) is 15.3 Å². The largest absolute Gasteiger partial charge is 0.507 e. The Labute approximate surface area is 141 Å². The van der Waals surface area contributed by atoms with Gasteiger partial charge in [-0.2, -0.15) is 0 Å². The molecule has 0 fully saturated rings. The van der Waals surface area contributed by atoms with Gasteiger partial charge in [-0.15, -0.1) is 0 Å². The van der Waals surface area contributed by atoms with Gasteiger partial charge in [0, 0.05) is 5.56 Å². The van der Waals surface area contributed by atoms with Crippen molar-refractivity contribution in [1.29, 1.82) is 0 Å². The van der Waals surface area contributed by atoms with Crippen LogP contribution in [0.25, 0.3) is 22.3 Å². The molecular weight excluding hydrogens is 326 g/mol. The van der Waals surface area contributed by atoms with Crippen molar-refractivity contribution >= 4 is 22.9 Å². The molecule has 8 nitrogen and oxygen atoms in total. The summed E-state index contributed by atoms with van der Waals surface area (Å²) in [6.07, 6.45) is 1.37. The van der Waals surface area contributed by atoms with Crippen LogP contribution in [0, 0.1) is 0 Å². The Morgan fingerprint density at radius 1 is 1.04 bits per heavy atom. The number of fused-ring (bicyclic) bond motifs is 1. The summed E-state index contributed by atoms with van der Waals surface area (Å²) in [5.41, 5.74) is 1.16. The van der Waals surface area contributed by atoms with Crippen LogP contribution in [-0.4, -0.2) is 43.7 Å². The molecule has 4 N–H and O–H groups in total. The molecule has 2 aromatic carbocycles. The van der Waals surface area contributed by atoms with E-state index in [9.17, 15) is 19.8 Å². The van der Waals surface area contributed by atoms with Crippen molar-refractivity contribution in [3.63, 3.8) is 0 Å². The average molecular weight is 339 g/mol. The number of aliphatic carboxylic acids is 1. The van der Waals surface area contributed by atoms with Gasteiger partial charge in [0.15, 0.2) is 0 Å². The lowest BCUT2D eigenvalue weighted by atomic mass is 10.1. The standard InChI is InChI=1S/C17H13N3O5/c21-12-4-2-1-3-9(12)11-7-18-16-10(20-11)5-6-13(22)15(16)17(25)19-8-14(23)24/h1-7,21-22H,8H2,(H,19,25)(H,23,24). The highest BCUT2D eigenvalue weighted by molar-refractivity contribution is 6.08. The number of para-hydroxylation sites is 1. The first-order chi connectivity index (χ1) is 12.0. The molecule has 0 saturated heterocycles. The van der Waals surface area contributed by atoms with Crippen molar-refractivity contribution < 1.29 is 24.9 Å². The highest BCUT2D eigenvalue weighted by Gasteiger charge is 2.18. The lowest BCUT2D eigenvalue weighted by molar-refractivity contribution is -0.135. The molecule has 0 aliphatic heterocycles. The van der Waals surface area contributed by atoms with Crippen LogP contribution in [0.1, 0.15) is 10.4 Å². The van der Waals surface area contributed by atoms with E-state index >= 15 is 0 Å². The first kappa shape index (κ1) is 16.2. The van der Waals surface area contributed by atoms with Crippen molar-refractivity contribution in [3.8, 4) is 22.8 Å². The maximum atomic E-state index is 12.2. The molecule has 0 aliphatic carbocycles. The number of carboxylic acid groups (broad SMARTS) is 1. The summed E-state index contributed by atoms with van der Waals surface area (Å²) in [5.74, 6) is -2.27. The van der Waals surface area contributed by atoms with Crippen LogP contribution >= 0.6 is 0 Å². The quantitative estimate of drug-likeness (QED) is 0.566. The van der Waals surface area contributed by atoms with Gasteiger partial charge in [0.2, 0.25) is 0 Å². The van der Waals surface area contributed by atoms with Crippen LogP contribution in [0.2, 0.25) is 0 Å². The van der Waals surface area contributed by atoms with Crippen LogP contribution < -0.4 is 5.32 Å². The molecule has 0 unspecified atom stereocenters. The number of aromatic nitrogens is 2. The number of amides is 1. The Kier molecular flexibility index (Phi) is 4.17. The van der Waals surface area contributed by atoms with Gasteiger partial charge in [0.25, 0.3) is 5.91 Å². The van der Waals surface area contributed by atoms with E-state index in [4.69, 9.17) is 5.11 Å². The van der Waals surface area contributed by atoms with Crippen molar-refractivity contribution in [1.82, 2.24) is 15.3 Å². The smallest absolute Gasteiger partial charge is 0.322 e. The first-order valence-electron chi connectivity index (χ1n) is 7.24. The maximum absolute atomic E-state index is 12.2. The van der Waals surface area contributed by atoms with Gasteiger partial charge in [0.05, 0.1) is 17.4 Å². The van der Waals surface area contributed by atoms with Gasteiger partial charge in [-0.25, -0.2) is 4.98 Å². The van der Waals surface area contributed by atoms with Crippen LogP contribution in [0.5, 0.6) is 11.5 Å². The summed E-state index contributed by atoms with van der Waals surface area (Å²) in [7, 11) is 0. The zero-order valence-electron chi connectivity index (χ0n) is 12.8. The molecule has 0 radical (unpaired) electrons. The Balaban J connectivity index is 2.08. The van der Waals surface area contributed by atoms with Gasteiger partial charge in [-0.3, -0.25) is 14.6 Å². The fourth-order valence-corrected chi connectivity index (χ4v) is 2.36. The minimum absolute atomic E-state index is 0.0364. The van der Waals surface area contributed by atoms with Crippen molar-refractivity contribution in [2.75, 3.05) is 6.54 Å². The lowest BCUT2D eigenvalue weighted by Gasteiger charge is -2.09. The zero-order valence-corrected chi connectivity index (χ0v) is 12.8. The van der Waals surface area contributed by atoms with Gasteiger partial charge < -0.3 is 20.6 Å². The minimum atomic E-state index is -1.21. The van der Waals surface area contributed by atoms with E-state index in [1.807, 2.05) is 0 Å². The summed E-state index contributed by atoms with van der Waals surface area (Å²) >= 11 is 0. The Bertz CT molecular complexity index is 987. The summed E-state index contributed by atoms with van der Waals surface area (Å²) in [4.78, 5) is 31.3. The second-order valence-electron chi connectivity index (χ2n) is 5.18. The number of hydrogen-bond acceptors (Lipinski definition) is 6. The van der Waals surface area contributed by atoms with E-state index < -0.39 is 18.4 Å². The normalized spacial score (nSPS) is 10.6. The lowest BCUT2D eigenvalue weighted by Crippen LogP contribution is -2.29. The number of carboxylic acids is 1. The number of phenolic OH excluding ortho intramolecular Hbond substituents is 2. The molecule has 3 rings (SSSR count). The van der Waals surface area contributed by atoms with Gasteiger partial charge in [0.1, 0.15) is 29.1 Å². The van der Waals surface area contributed by atoms with Crippen LogP contribution in [-0.2, 0) is 4.79 Å². The van der Waals surface area contributed by atoms with Crippen molar-refractivity contribution in [3.05, 3.63) is 48.2 Å². The van der Waals surface area contributed by atoms with E-state index in [1.54, 1.807) is 18.2 Å². The average Bonchev–Trinajstić information content (AvgIpc) is 2.59. The molecule has 1 aromatic heterocycles. The van der Waals surface area contributed by atoms with Crippen LogP contribution in [0.3, 0.4) is 0 Å². The Morgan fingerprint density at radius 3 is 2.52 bits per heavy atom. The first-order valence-corrected chi connectivity index (χ1v) is 7.24. The molecule has 126 valence electrons. The molecule has 0 bridgehead atoms. The molecular formula is C17H13N3O5. The monoisotopic (exact) mass is 339 g/mol. The van der Waals surface area contributed by atoms with Crippen LogP contribution in [0.4, 0.5) is 0 Å². The van der Waals surface area contributed by atoms with E-state index in [-0.39, 0.29) is 22.6 Å². The van der Waals surface area contributed by atoms with Crippen molar-refractivity contribution in [2.45, 2.75) is 0 Å². The molecule has 0 saturated carbocycles. The predicted molar refractivity (Wildman–Crippen MR) is 88.3 cm³/mol. The molecule has 3 aromatic rings. The number of benzene rings is 2. The Morgan fingerprint density at radius 2 is 1.80 bits per heavy atom. The predicted octanol–water partition coefficient (Wildman–Crippen LogP) is 1.52. The number of aromatic hydroxyl groups is 2. The SMILES string of the molecule is O=C(O)CNC(=O)c1c(O)ccc2nc(-c3ccccc3O)cnc12. The number of carbonyl (C=O) groups is 2. The molecule has 0 atom stereocenters. The summed E-state index contributed by atoms with van der Waals surface area (Å²) in [6.45, 7) is -0.585. The molecule has 1 amide bonds. The summed E-state index contributed by atoms with van der Waals surface area (Å²) in [6, 6.07) is 9.37. The molecule has 1 heterocycles. The number of hydrogen-bond donors (Lipinski definition) is 4. The summed E-state index contributed by atoms with van der Waals surface area (Å²) < 4.78 is 0. The Hall–Kier alpha value is -3.68. The third-order valence-corrected chi connectivity index (χ3v) is 3.50. The fourth-order valence-electron chi connectivity index (χ4n) is 2.36. The number of nitrogens with one attached hydrogen (secondary N) is 1. The molecule has 0 spiro atoms. The fraction of sp³-hybridized carbons (Fsp3) is 0.0588. The summed E-state index contributed by atoms with van der Waals surface area (Å²) in [5, 5.41) is 30.7. The highest BCUT2D eigenvalue weighted by Crippen LogP contribution is 2.30. The third-order valence-electron chi connectivity index (χ3n) is 3.50. The highest BCUT2D eigenvalue weighted by atomic mass is 16.4. The van der Waals surface area contributed by atoms with Gasteiger partial charge in [-0.05, 0) is 24.3 Å². The number of phenols is 2. The zero-order chi connectivity index (χ0) is 18.0. The second kappa shape index (κ2) is 6.44. The molecule has 8 heteroatoms. The second-order valence-corrected chi connectivity index (χ2v) is 5.18. The van der Waals surface area contributed by atoms with Crippen molar-refractivity contribution in [2.24, 2.45) is 0 Å². The van der Waals surface area contributed by atoms with Crippen LogP contribution in [0.15, 0.2) is 42.6 Å². The molecule has 0 aliphatic rings. The number of nitrogens with zero attached hydrogens (tertiary/aromatic N) is 2. The van der Waals surface area contributed by atoms with E-state index in [1.165, 1.54) is 24.4 Å². The topological polar surface area (TPSA) is 133 Å². The van der Waals surface area contributed by atoms with Gasteiger partial charge in [-0.1, -0.05) is 12.1 Å². The third kappa shape index (κ3) is 3.18. The molecule has 25 heavy (non-hydrogen) atoms. The number of carbonyl (C=O) groups excluding carboxylic acids is 1. The van der Waals surface area contributed by atoms with Gasteiger partial charge >= 0.3 is 5.97 Å². The minimum Gasteiger partial charge on any atom is -0.507 e.